The van der Waals surface area contributed by atoms with Gasteiger partial charge in [-0.15, -0.1) is 0 Å². The second-order valence-electron chi connectivity index (χ2n) is 3.04. The average molecular weight is 177 g/mol. The van der Waals surface area contributed by atoms with Crippen LogP contribution in [0.15, 0.2) is 35.2 Å². The van der Waals surface area contributed by atoms with Gasteiger partial charge in [-0.05, 0) is 19.1 Å². The van der Waals surface area contributed by atoms with Gasteiger partial charge in [0.05, 0.1) is 6.26 Å². The Bertz CT molecular complexity index is 375. The lowest BCUT2D eigenvalue weighted by molar-refractivity contribution is 0.219. The van der Waals surface area contributed by atoms with Gasteiger partial charge in [-0.2, -0.15) is 0 Å². The number of hydrogen-bond donors (Lipinski definition) is 2. The number of hydrogen-bond acceptors (Lipinski definition) is 2. The molecular weight excluding hydrogens is 166 g/mol. The monoisotopic (exact) mass is 177 g/mol. The molecule has 13 heavy (non-hydrogen) atoms. The average Bonchev–Trinajstić information content (AvgIpc) is 2.72. The number of aryl methyl sites for hydroxylation is 1. The Balaban J connectivity index is 2.28. The van der Waals surface area contributed by atoms with E-state index in [1.54, 1.807) is 18.7 Å². The summed E-state index contributed by atoms with van der Waals surface area (Å²) < 4.78 is 5.11. The van der Waals surface area contributed by atoms with Crippen LogP contribution in [-0.2, 0) is 0 Å². The number of aromatic nitrogens is 1. The minimum absolute atomic E-state index is 0.594. The predicted molar refractivity (Wildman–Crippen MR) is 48.3 cm³/mol. The number of furan rings is 1. The van der Waals surface area contributed by atoms with Crippen molar-refractivity contribution in [3.8, 4) is 0 Å². The number of rotatable bonds is 2. The molecule has 2 aromatic heterocycles. The molecule has 0 saturated heterocycles. The maximum absolute atomic E-state index is 9.81. The lowest BCUT2D eigenvalue weighted by Gasteiger charge is -2.03. The Morgan fingerprint density at radius 3 is 2.85 bits per heavy atom. The Morgan fingerprint density at radius 1 is 1.46 bits per heavy atom. The van der Waals surface area contributed by atoms with Crippen LogP contribution in [0.25, 0.3) is 0 Å². The normalized spacial score (nSPS) is 13.1. The topological polar surface area (TPSA) is 49.2 Å². The first kappa shape index (κ1) is 8.13. The van der Waals surface area contributed by atoms with Crippen LogP contribution in [0.3, 0.4) is 0 Å². The van der Waals surface area contributed by atoms with Crippen LogP contribution >= 0.6 is 0 Å². The zero-order valence-corrected chi connectivity index (χ0v) is 7.32. The van der Waals surface area contributed by atoms with Gasteiger partial charge < -0.3 is 14.5 Å². The lowest BCUT2D eigenvalue weighted by atomic mass is 10.1. The highest BCUT2D eigenvalue weighted by atomic mass is 16.3. The highest BCUT2D eigenvalue weighted by Gasteiger charge is 2.12. The molecule has 0 saturated carbocycles. The fourth-order valence-corrected chi connectivity index (χ4v) is 1.31. The molecule has 2 heterocycles. The highest BCUT2D eigenvalue weighted by Crippen LogP contribution is 2.22. The molecule has 1 unspecified atom stereocenters. The molecule has 0 amide bonds. The van der Waals surface area contributed by atoms with E-state index >= 15 is 0 Å². The van der Waals surface area contributed by atoms with Crippen molar-refractivity contribution in [1.29, 1.82) is 0 Å². The van der Waals surface area contributed by atoms with Crippen molar-refractivity contribution < 1.29 is 9.52 Å². The zero-order valence-electron chi connectivity index (χ0n) is 7.32. The SMILES string of the molecule is Cc1cc(C(O)c2cc[nH]c2)co1. The van der Waals surface area contributed by atoms with Gasteiger partial charge in [0, 0.05) is 23.5 Å². The standard InChI is InChI=1S/C10H11NO2/c1-7-4-9(6-13-7)10(12)8-2-3-11-5-8/h2-6,10-12H,1H3. The van der Waals surface area contributed by atoms with Crippen molar-refractivity contribution >= 4 is 0 Å². The predicted octanol–water partition coefficient (Wildman–Crippen LogP) is 2.00. The fraction of sp³-hybridized carbons (Fsp3) is 0.200. The van der Waals surface area contributed by atoms with Crippen molar-refractivity contribution in [3.63, 3.8) is 0 Å². The summed E-state index contributed by atoms with van der Waals surface area (Å²) in [6.45, 7) is 1.85. The molecule has 3 nitrogen and oxygen atoms in total. The molecule has 0 fully saturated rings. The van der Waals surface area contributed by atoms with Crippen LogP contribution in [0.5, 0.6) is 0 Å². The zero-order chi connectivity index (χ0) is 9.26. The van der Waals surface area contributed by atoms with Crippen molar-refractivity contribution in [2.75, 3.05) is 0 Å². The van der Waals surface area contributed by atoms with E-state index in [0.717, 1.165) is 16.9 Å². The van der Waals surface area contributed by atoms with Crippen LogP contribution in [0.1, 0.15) is 23.0 Å². The maximum Gasteiger partial charge on any atom is 0.109 e. The summed E-state index contributed by atoms with van der Waals surface area (Å²) >= 11 is 0. The van der Waals surface area contributed by atoms with E-state index in [2.05, 4.69) is 4.98 Å². The molecule has 3 heteroatoms. The Kier molecular flexibility index (Phi) is 1.94. The summed E-state index contributed by atoms with van der Waals surface area (Å²) in [7, 11) is 0. The van der Waals surface area contributed by atoms with E-state index in [1.807, 2.05) is 19.1 Å². The number of H-pyrrole nitrogens is 1. The van der Waals surface area contributed by atoms with Gasteiger partial charge in [-0.1, -0.05) is 0 Å². The number of aromatic amines is 1. The first-order chi connectivity index (χ1) is 6.27. The minimum atomic E-state index is -0.594. The molecule has 0 bridgehead atoms. The van der Waals surface area contributed by atoms with Crippen molar-refractivity contribution in [3.05, 3.63) is 47.7 Å². The fourth-order valence-electron chi connectivity index (χ4n) is 1.31. The van der Waals surface area contributed by atoms with Gasteiger partial charge in [0.1, 0.15) is 11.9 Å². The van der Waals surface area contributed by atoms with Gasteiger partial charge in [0.25, 0.3) is 0 Å². The number of aliphatic hydroxyl groups excluding tert-OH is 1. The summed E-state index contributed by atoms with van der Waals surface area (Å²) in [6, 6.07) is 3.67. The minimum Gasteiger partial charge on any atom is -0.469 e. The molecule has 0 aliphatic heterocycles. The van der Waals surface area contributed by atoms with Crippen LogP contribution in [0.4, 0.5) is 0 Å². The summed E-state index contributed by atoms with van der Waals surface area (Å²) in [6.07, 6.45) is 4.54. The first-order valence-corrected chi connectivity index (χ1v) is 4.13. The summed E-state index contributed by atoms with van der Waals surface area (Å²) in [5.41, 5.74) is 1.64. The third-order valence-corrected chi connectivity index (χ3v) is 2.00. The third-order valence-electron chi connectivity index (χ3n) is 2.00. The number of aliphatic hydroxyl groups is 1. The smallest absolute Gasteiger partial charge is 0.109 e. The second kappa shape index (κ2) is 3.11. The van der Waals surface area contributed by atoms with E-state index < -0.39 is 6.10 Å². The van der Waals surface area contributed by atoms with Crippen LogP contribution in [0, 0.1) is 6.92 Å². The molecule has 2 rings (SSSR count). The maximum atomic E-state index is 9.81. The highest BCUT2D eigenvalue weighted by molar-refractivity contribution is 5.26. The van der Waals surface area contributed by atoms with Gasteiger partial charge >= 0.3 is 0 Å². The third kappa shape index (κ3) is 1.51. The largest absolute Gasteiger partial charge is 0.469 e. The Labute approximate surface area is 76.0 Å². The summed E-state index contributed by atoms with van der Waals surface area (Å²) in [5.74, 6) is 0.810. The number of nitrogens with one attached hydrogen (secondary N) is 1. The van der Waals surface area contributed by atoms with E-state index in [0.29, 0.717) is 0 Å². The van der Waals surface area contributed by atoms with Gasteiger partial charge in [0.15, 0.2) is 0 Å². The molecule has 1 atom stereocenters. The molecule has 0 aliphatic carbocycles. The Morgan fingerprint density at radius 2 is 2.31 bits per heavy atom. The van der Waals surface area contributed by atoms with Crippen LogP contribution in [-0.4, -0.2) is 10.1 Å². The van der Waals surface area contributed by atoms with Crippen LogP contribution in [0.2, 0.25) is 0 Å². The van der Waals surface area contributed by atoms with E-state index in [1.165, 1.54) is 0 Å². The van der Waals surface area contributed by atoms with Gasteiger partial charge in [0.2, 0.25) is 0 Å². The molecule has 2 N–H and O–H groups in total. The first-order valence-electron chi connectivity index (χ1n) is 4.13. The molecular formula is C10H11NO2. The Hall–Kier alpha value is -1.48. The molecule has 2 aromatic rings. The molecule has 0 spiro atoms. The second-order valence-corrected chi connectivity index (χ2v) is 3.04. The lowest BCUT2D eigenvalue weighted by Crippen LogP contribution is -1.95. The van der Waals surface area contributed by atoms with Crippen LogP contribution < -0.4 is 0 Å². The van der Waals surface area contributed by atoms with E-state index in [9.17, 15) is 5.11 Å². The van der Waals surface area contributed by atoms with E-state index in [-0.39, 0.29) is 0 Å². The molecule has 0 aromatic carbocycles. The molecule has 68 valence electrons. The quantitative estimate of drug-likeness (QED) is 0.737. The molecule has 0 radical (unpaired) electrons. The van der Waals surface area contributed by atoms with Crippen molar-refractivity contribution in [2.24, 2.45) is 0 Å². The van der Waals surface area contributed by atoms with Gasteiger partial charge in [-0.25, -0.2) is 0 Å². The summed E-state index contributed by atoms with van der Waals surface area (Å²) in [4.78, 5) is 2.90. The van der Waals surface area contributed by atoms with Crippen molar-refractivity contribution in [2.45, 2.75) is 13.0 Å². The van der Waals surface area contributed by atoms with Crippen molar-refractivity contribution in [1.82, 2.24) is 4.98 Å². The molecule has 0 aliphatic rings. The summed E-state index contributed by atoms with van der Waals surface area (Å²) in [5, 5.41) is 9.81. The van der Waals surface area contributed by atoms with E-state index in [4.69, 9.17) is 4.42 Å². The van der Waals surface area contributed by atoms with Gasteiger partial charge in [-0.3, -0.25) is 0 Å².